The van der Waals surface area contributed by atoms with E-state index in [9.17, 15) is 8.78 Å². The van der Waals surface area contributed by atoms with Gasteiger partial charge in [-0.25, -0.2) is 8.78 Å². The molecule has 0 atom stereocenters. The van der Waals surface area contributed by atoms with Crippen LogP contribution in [0, 0.1) is 11.6 Å². The van der Waals surface area contributed by atoms with E-state index in [1.807, 2.05) is 4.57 Å². The van der Waals surface area contributed by atoms with E-state index in [1.165, 1.54) is 0 Å². The monoisotopic (exact) mass is 236 g/mol. The fourth-order valence-corrected chi connectivity index (χ4v) is 1.96. The van der Waals surface area contributed by atoms with Crippen molar-refractivity contribution in [3.8, 4) is 11.4 Å². The molecule has 3 rings (SSSR count). The number of nitrogens with zero attached hydrogens (tertiary/aromatic N) is 3. The second-order valence-electron chi connectivity index (χ2n) is 3.89. The fraction of sp³-hybridized carbons (Fsp3) is 0.273. The number of nitrogens with one attached hydrogen (secondary N) is 1. The molecule has 1 aliphatic heterocycles. The van der Waals surface area contributed by atoms with Gasteiger partial charge in [0.15, 0.2) is 5.82 Å². The summed E-state index contributed by atoms with van der Waals surface area (Å²) in [6, 6.07) is 3.34. The maximum atomic E-state index is 13.6. The van der Waals surface area contributed by atoms with Gasteiger partial charge in [-0.15, -0.1) is 10.2 Å². The van der Waals surface area contributed by atoms with Crippen LogP contribution in [-0.4, -0.2) is 21.3 Å². The zero-order valence-electron chi connectivity index (χ0n) is 8.95. The standard InChI is InChI=1S/C11H10F2N4/c12-7-1-2-9(13)8(5-7)11-16-15-10-6-14-3-4-17(10)11/h1-2,5,14H,3-4,6H2. The lowest BCUT2D eigenvalue weighted by molar-refractivity contribution is 0.507. The molecule has 0 radical (unpaired) electrons. The van der Waals surface area contributed by atoms with E-state index in [-0.39, 0.29) is 5.56 Å². The van der Waals surface area contributed by atoms with Gasteiger partial charge in [-0.2, -0.15) is 0 Å². The van der Waals surface area contributed by atoms with Crippen LogP contribution in [0.25, 0.3) is 11.4 Å². The van der Waals surface area contributed by atoms with E-state index in [0.29, 0.717) is 18.9 Å². The van der Waals surface area contributed by atoms with E-state index in [1.54, 1.807) is 0 Å². The number of hydrogen-bond donors (Lipinski definition) is 1. The van der Waals surface area contributed by atoms with Crippen LogP contribution in [0.3, 0.4) is 0 Å². The van der Waals surface area contributed by atoms with Crippen molar-refractivity contribution in [1.29, 1.82) is 0 Å². The average molecular weight is 236 g/mol. The average Bonchev–Trinajstić information content (AvgIpc) is 2.76. The van der Waals surface area contributed by atoms with Gasteiger partial charge >= 0.3 is 0 Å². The summed E-state index contributed by atoms with van der Waals surface area (Å²) in [6.45, 7) is 2.03. The zero-order valence-corrected chi connectivity index (χ0v) is 8.95. The first-order valence-corrected chi connectivity index (χ1v) is 5.34. The van der Waals surface area contributed by atoms with Crippen LogP contribution in [0.4, 0.5) is 8.78 Å². The molecule has 0 amide bonds. The van der Waals surface area contributed by atoms with Gasteiger partial charge in [0, 0.05) is 13.1 Å². The third-order valence-electron chi connectivity index (χ3n) is 2.79. The zero-order chi connectivity index (χ0) is 11.8. The molecule has 0 fully saturated rings. The van der Waals surface area contributed by atoms with Crippen molar-refractivity contribution in [1.82, 2.24) is 20.1 Å². The van der Waals surface area contributed by atoms with Crippen molar-refractivity contribution in [3.05, 3.63) is 35.7 Å². The number of fused-ring (bicyclic) bond motifs is 1. The second-order valence-corrected chi connectivity index (χ2v) is 3.89. The molecule has 0 saturated carbocycles. The highest BCUT2D eigenvalue weighted by Gasteiger charge is 2.19. The first kappa shape index (κ1) is 10.3. The van der Waals surface area contributed by atoms with Gasteiger partial charge in [0.05, 0.1) is 12.1 Å². The highest BCUT2D eigenvalue weighted by atomic mass is 19.1. The van der Waals surface area contributed by atoms with E-state index < -0.39 is 11.6 Å². The molecule has 1 aliphatic rings. The second kappa shape index (κ2) is 3.89. The quantitative estimate of drug-likeness (QED) is 0.812. The third-order valence-corrected chi connectivity index (χ3v) is 2.79. The maximum Gasteiger partial charge on any atom is 0.167 e. The summed E-state index contributed by atoms with van der Waals surface area (Å²) in [5, 5.41) is 11.0. The van der Waals surface area contributed by atoms with Crippen molar-refractivity contribution in [2.24, 2.45) is 0 Å². The molecule has 2 aromatic rings. The third kappa shape index (κ3) is 1.70. The lowest BCUT2D eigenvalue weighted by atomic mass is 10.2. The summed E-state index contributed by atoms with van der Waals surface area (Å²) in [7, 11) is 0. The fourth-order valence-electron chi connectivity index (χ4n) is 1.96. The first-order valence-electron chi connectivity index (χ1n) is 5.34. The van der Waals surface area contributed by atoms with Crippen LogP contribution in [0.1, 0.15) is 5.82 Å². The van der Waals surface area contributed by atoms with E-state index in [4.69, 9.17) is 0 Å². The molecular formula is C11H10F2N4. The summed E-state index contributed by atoms with van der Waals surface area (Å²) >= 11 is 0. The van der Waals surface area contributed by atoms with Crippen molar-refractivity contribution < 1.29 is 8.78 Å². The molecule has 0 bridgehead atoms. The smallest absolute Gasteiger partial charge is 0.167 e. The molecule has 17 heavy (non-hydrogen) atoms. The molecule has 0 unspecified atom stereocenters. The Kier molecular flexibility index (Phi) is 2.36. The van der Waals surface area contributed by atoms with E-state index in [0.717, 1.165) is 30.6 Å². The number of benzene rings is 1. The Morgan fingerprint density at radius 2 is 2.12 bits per heavy atom. The van der Waals surface area contributed by atoms with Gasteiger partial charge in [0.2, 0.25) is 0 Å². The Balaban J connectivity index is 2.15. The molecule has 2 heterocycles. The molecule has 1 aromatic heterocycles. The predicted molar refractivity (Wildman–Crippen MR) is 57.1 cm³/mol. The van der Waals surface area contributed by atoms with Crippen LogP contribution >= 0.6 is 0 Å². The Morgan fingerprint density at radius 1 is 1.24 bits per heavy atom. The van der Waals surface area contributed by atoms with Gasteiger partial charge in [-0.05, 0) is 18.2 Å². The number of rotatable bonds is 1. The van der Waals surface area contributed by atoms with Gasteiger partial charge in [0.25, 0.3) is 0 Å². The normalized spacial score (nSPS) is 14.7. The molecular weight excluding hydrogens is 226 g/mol. The number of aromatic nitrogens is 3. The molecule has 0 aliphatic carbocycles. The Hall–Kier alpha value is -1.82. The largest absolute Gasteiger partial charge is 0.309 e. The van der Waals surface area contributed by atoms with Crippen molar-refractivity contribution in [2.45, 2.75) is 13.1 Å². The van der Waals surface area contributed by atoms with Crippen molar-refractivity contribution in [3.63, 3.8) is 0 Å². The molecule has 1 N–H and O–H groups in total. The maximum absolute atomic E-state index is 13.6. The molecule has 0 saturated heterocycles. The highest BCUT2D eigenvalue weighted by molar-refractivity contribution is 5.56. The minimum atomic E-state index is -0.486. The summed E-state index contributed by atoms with van der Waals surface area (Å²) in [5.74, 6) is 0.168. The Bertz CT molecular complexity index is 565. The SMILES string of the molecule is Fc1ccc(F)c(-c2nnc3n2CCNC3)c1. The van der Waals surface area contributed by atoms with Crippen LogP contribution in [-0.2, 0) is 13.1 Å². The molecule has 4 nitrogen and oxygen atoms in total. The van der Waals surface area contributed by atoms with Gasteiger partial charge in [-0.3, -0.25) is 0 Å². The first-order chi connectivity index (χ1) is 8.25. The Labute approximate surface area is 96.3 Å². The molecule has 0 spiro atoms. The summed E-state index contributed by atoms with van der Waals surface area (Å²) in [5.41, 5.74) is 0.158. The minimum absolute atomic E-state index is 0.158. The van der Waals surface area contributed by atoms with Gasteiger partial charge in [0.1, 0.15) is 17.5 Å². The van der Waals surface area contributed by atoms with Crippen molar-refractivity contribution in [2.75, 3.05) is 6.54 Å². The lowest BCUT2D eigenvalue weighted by Crippen LogP contribution is -2.28. The molecule has 1 aromatic carbocycles. The van der Waals surface area contributed by atoms with Crippen LogP contribution in [0.5, 0.6) is 0 Å². The predicted octanol–water partition coefficient (Wildman–Crippen LogP) is 1.33. The number of hydrogen-bond acceptors (Lipinski definition) is 3. The van der Waals surface area contributed by atoms with Crippen LogP contribution in [0.2, 0.25) is 0 Å². The number of halogens is 2. The van der Waals surface area contributed by atoms with E-state index >= 15 is 0 Å². The van der Waals surface area contributed by atoms with Crippen LogP contribution in [0.15, 0.2) is 18.2 Å². The summed E-state index contributed by atoms with van der Waals surface area (Å²) in [6.07, 6.45) is 0. The lowest BCUT2D eigenvalue weighted by Gasteiger charge is -2.16. The summed E-state index contributed by atoms with van der Waals surface area (Å²) in [4.78, 5) is 0. The molecule has 6 heteroatoms. The highest BCUT2D eigenvalue weighted by Crippen LogP contribution is 2.23. The van der Waals surface area contributed by atoms with Gasteiger partial charge in [-0.1, -0.05) is 0 Å². The minimum Gasteiger partial charge on any atom is -0.309 e. The van der Waals surface area contributed by atoms with Crippen LogP contribution < -0.4 is 5.32 Å². The summed E-state index contributed by atoms with van der Waals surface area (Å²) < 4.78 is 28.6. The van der Waals surface area contributed by atoms with E-state index in [2.05, 4.69) is 15.5 Å². The molecule has 88 valence electrons. The Morgan fingerprint density at radius 3 is 3.00 bits per heavy atom. The topological polar surface area (TPSA) is 42.7 Å². The van der Waals surface area contributed by atoms with Crippen molar-refractivity contribution >= 4 is 0 Å². The van der Waals surface area contributed by atoms with Gasteiger partial charge < -0.3 is 9.88 Å².